The van der Waals surface area contributed by atoms with Crippen molar-refractivity contribution in [2.75, 3.05) is 0 Å². The Bertz CT molecular complexity index is 168. The van der Waals surface area contributed by atoms with Crippen molar-refractivity contribution in [3.05, 3.63) is 37.0 Å². The fourth-order valence-corrected chi connectivity index (χ4v) is 1.16. The van der Waals surface area contributed by atoms with Gasteiger partial charge in [0.05, 0.1) is 0 Å². The number of carbonyl (C=O) groups excluding carboxylic acids is 1. The van der Waals surface area contributed by atoms with Crippen LogP contribution in [0.1, 0.15) is 39.0 Å². The number of allylic oxidation sites excluding steroid dienone is 4. The van der Waals surface area contributed by atoms with Crippen LogP contribution in [0.4, 0.5) is 0 Å². The minimum atomic E-state index is 1.15. The molecular formula is C13H22O. The number of rotatable bonds is 7. The van der Waals surface area contributed by atoms with Crippen LogP contribution in [0.15, 0.2) is 37.0 Å². The van der Waals surface area contributed by atoms with Gasteiger partial charge in [0.1, 0.15) is 6.79 Å². The maximum atomic E-state index is 8.00. The Morgan fingerprint density at radius 3 is 2.21 bits per heavy atom. The van der Waals surface area contributed by atoms with Crippen molar-refractivity contribution in [2.45, 2.75) is 39.0 Å². The van der Waals surface area contributed by atoms with Crippen LogP contribution >= 0.6 is 0 Å². The van der Waals surface area contributed by atoms with Crippen molar-refractivity contribution in [3.63, 3.8) is 0 Å². The van der Waals surface area contributed by atoms with Crippen molar-refractivity contribution in [1.29, 1.82) is 0 Å². The first kappa shape index (κ1) is 15.4. The van der Waals surface area contributed by atoms with Gasteiger partial charge >= 0.3 is 0 Å². The second-order valence-corrected chi connectivity index (χ2v) is 2.99. The maximum absolute atomic E-state index is 8.00. The van der Waals surface area contributed by atoms with E-state index in [0.29, 0.717) is 0 Å². The highest BCUT2D eigenvalue weighted by Gasteiger charge is 1.90. The zero-order valence-electron chi connectivity index (χ0n) is 9.30. The average Bonchev–Trinajstić information content (AvgIpc) is 2.25. The summed E-state index contributed by atoms with van der Waals surface area (Å²) in [6.07, 6.45) is 12.2. The third-order valence-corrected chi connectivity index (χ3v) is 1.91. The van der Waals surface area contributed by atoms with Crippen molar-refractivity contribution in [3.8, 4) is 0 Å². The Kier molecular flexibility index (Phi) is 15.8. The van der Waals surface area contributed by atoms with Gasteiger partial charge in [0.2, 0.25) is 0 Å². The predicted molar refractivity (Wildman–Crippen MR) is 64.4 cm³/mol. The molecule has 0 amide bonds. The molecule has 0 unspecified atom stereocenters. The van der Waals surface area contributed by atoms with Gasteiger partial charge in [-0.05, 0) is 18.4 Å². The first-order valence-electron chi connectivity index (χ1n) is 5.08. The molecule has 0 atom stereocenters. The van der Waals surface area contributed by atoms with E-state index in [1.165, 1.54) is 31.3 Å². The van der Waals surface area contributed by atoms with Gasteiger partial charge in [0, 0.05) is 0 Å². The molecule has 0 saturated heterocycles. The van der Waals surface area contributed by atoms with E-state index < -0.39 is 0 Å². The molecule has 0 bridgehead atoms. The molecule has 0 aromatic heterocycles. The van der Waals surface area contributed by atoms with Gasteiger partial charge in [-0.25, -0.2) is 0 Å². The molecule has 0 fully saturated rings. The Hall–Kier alpha value is -1.11. The minimum absolute atomic E-state index is 1.15. The first-order chi connectivity index (χ1) is 6.85. The molecule has 0 aliphatic rings. The number of unbranched alkanes of at least 4 members (excludes halogenated alkanes) is 3. The molecule has 0 aromatic rings. The summed E-state index contributed by atoms with van der Waals surface area (Å²) in [4.78, 5) is 8.00. The smallest absolute Gasteiger partial charge is 0.106 e. The van der Waals surface area contributed by atoms with Crippen LogP contribution < -0.4 is 0 Å². The van der Waals surface area contributed by atoms with Crippen LogP contribution in [0.25, 0.3) is 0 Å². The summed E-state index contributed by atoms with van der Waals surface area (Å²) in [7, 11) is 0. The lowest BCUT2D eigenvalue weighted by molar-refractivity contribution is -0.0979. The monoisotopic (exact) mass is 194 g/mol. The predicted octanol–water partition coefficient (Wildman–Crippen LogP) is 4.07. The number of hydrogen-bond donors (Lipinski definition) is 0. The Labute approximate surface area is 88.2 Å². The van der Waals surface area contributed by atoms with E-state index >= 15 is 0 Å². The highest BCUT2D eigenvalue weighted by molar-refractivity contribution is 5.20. The first-order valence-corrected chi connectivity index (χ1v) is 5.08. The number of hydrogen-bond acceptors (Lipinski definition) is 1. The van der Waals surface area contributed by atoms with Crippen molar-refractivity contribution >= 4 is 6.79 Å². The zero-order chi connectivity index (χ0) is 11.2. The minimum Gasteiger partial charge on any atom is -0.307 e. The fraction of sp³-hybridized carbons (Fsp3) is 0.462. The molecular weight excluding hydrogens is 172 g/mol. The molecule has 1 nitrogen and oxygen atoms in total. The molecule has 0 rings (SSSR count). The summed E-state index contributed by atoms with van der Waals surface area (Å²) in [6, 6.07) is 0. The Morgan fingerprint density at radius 2 is 1.79 bits per heavy atom. The van der Waals surface area contributed by atoms with E-state index in [9.17, 15) is 0 Å². The highest BCUT2D eigenvalue weighted by Crippen LogP contribution is 2.10. The van der Waals surface area contributed by atoms with Gasteiger partial charge in [-0.15, -0.1) is 0 Å². The number of carbonyl (C=O) groups is 1. The lowest BCUT2D eigenvalue weighted by atomic mass is 10.1. The highest BCUT2D eigenvalue weighted by atomic mass is 16.1. The molecule has 0 aliphatic carbocycles. The summed E-state index contributed by atoms with van der Waals surface area (Å²) in [6.45, 7) is 11.7. The van der Waals surface area contributed by atoms with Crippen LogP contribution in [-0.2, 0) is 4.79 Å². The van der Waals surface area contributed by atoms with E-state index in [0.717, 1.165) is 6.42 Å². The molecule has 80 valence electrons. The van der Waals surface area contributed by atoms with Gasteiger partial charge in [-0.2, -0.15) is 0 Å². The third kappa shape index (κ3) is 10.9. The molecule has 1 heteroatoms. The summed E-state index contributed by atoms with van der Waals surface area (Å²) in [5.41, 5.74) is 1.31. The quantitative estimate of drug-likeness (QED) is 0.441. The molecule has 0 N–H and O–H groups in total. The fourth-order valence-electron chi connectivity index (χ4n) is 1.16. The van der Waals surface area contributed by atoms with Crippen molar-refractivity contribution in [1.82, 2.24) is 0 Å². The summed E-state index contributed by atoms with van der Waals surface area (Å²) < 4.78 is 0. The summed E-state index contributed by atoms with van der Waals surface area (Å²) >= 11 is 0. The van der Waals surface area contributed by atoms with E-state index in [1.54, 1.807) is 0 Å². The van der Waals surface area contributed by atoms with Crippen LogP contribution in [0.3, 0.4) is 0 Å². The zero-order valence-corrected chi connectivity index (χ0v) is 9.30. The molecule has 0 spiro atoms. The van der Waals surface area contributed by atoms with E-state index in [1.807, 2.05) is 25.0 Å². The topological polar surface area (TPSA) is 17.1 Å². The van der Waals surface area contributed by atoms with E-state index in [2.05, 4.69) is 20.1 Å². The molecule has 0 heterocycles. The molecule has 0 saturated carbocycles. The molecule has 0 radical (unpaired) electrons. The Balaban J connectivity index is 0. The maximum Gasteiger partial charge on any atom is 0.106 e. The van der Waals surface area contributed by atoms with Crippen molar-refractivity contribution < 1.29 is 4.79 Å². The van der Waals surface area contributed by atoms with E-state index in [-0.39, 0.29) is 0 Å². The van der Waals surface area contributed by atoms with Gasteiger partial charge in [-0.3, -0.25) is 0 Å². The van der Waals surface area contributed by atoms with Gasteiger partial charge < -0.3 is 4.79 Å². The van der Waals surface area contributed by atoms with Gasteiger partial charge in [0.15, 0.2) is 0 Å². The van der Waals surface area contributed by atoms with Crippen LogP contribution in [0.2, 0.25) is 0 Å². The van der Waals surface area contributed by atoms with Gasteiger partial charge in [0.25, 0.3) is 0 Å². The normalized spacial score (nSPS) is 9.93. The van der Waals surface area contributed by atoms with E-state index in [4.69, 9.17) is 4.79 Å². The molecule has 14 heavy (non-hydrogen) atoms. The van der Waals surface area contributed by atoms with Gasteiger partial charge in [-0.1, -0.05) is 57.6 Å². The molecule has 0 aromatic carbocycles. The standard InChI is InChI=1S/C12H20.CH2O/c1-4-7-8-9-11-12(6-3)10-5-2;1-2/h5-6,10H,2-4,7-9,11H2,1H3;1H2/b12-10+;. The summed E-state index contributed by atoms with van der Waals surface area (Å²) in [5.74, 6) is 0. The lowest BCUT2D eigenvalue weighted by Crippen LogP contribution is -1.80. The lowest BCUT2D eigenvalue weighted by Gasteiger charge is -1.99. The van der Waals surface area contributed by atoms with Crippen LogP contribution in [-0.4, -0.2) is 6.79 Å². The largest absolute Gasteiger partial charge is 0.307 e. The third-order valence-electron chi connectivity index (χ3n) is 1.91. The Morgan fingerprint density at radius 1 is 1.14 bits per heavy atom. The molecule has 0 aliphatic heterocycles. The van der Waals surface area contributed by atoms with Crippen LogP contribution in [0.5, 0.6) is 0 Å². The SMILES string of the molecule is C=C/C=C(\C=C)CCCCCC.C=O. The summed E-state index contributed by atoms with van der Waals surface area (Å²) in [5, 5.41) is 0. The average molecular weight is 194 g/mol. The van der Waals surface area contributed by atoms with Crippen molar-refractivity contribution in [2.24, 2.45) is 0 Å². The second-order valence-electron chi connectivity index (χ2n) is 2.99. The van der Waals surface area contributed by atoms with Crippen LogP contribution in [0, 0.1) is 0 Å². The second kappa shape index (κ2) is 14.4.